The molecule has 7 heteroatoms. The number of carbonyl (C=O) groups is 1. The number of hydrogen-bond donors (Lipinski definition) is 1. The zero-order chi connectivity index (χ0) is 13.7. The number of aliphatic carboxylic acids is 1. The summed E-state index contributed by atoms with van der Waals surface area (Å²) in [7, 11) is 0. The van der Waals surface area contributed by atoms with Crippen molar-refractivity contribution < 1.29 is 14.3 Å². The third-order valence-corrected chi connectivity index (χ3v) is 4.04. The molecular formula is C12H9FN2O2S2. The largest absolute Gasteiger partial charge is 0.478 e. The van der Waals surface area contributed by atoms with Crippen molar-refractivity contribution >= 4 is 35.3 Å². The lowest BCUT2D eigenvalue weighted by Crippen LogP contribution is -1.90. The molecule has 4 nitrogen and oxygen atoms in total. The molecule has 2 rings (SSSR count). The van der Waals surface area contributed by atoms with Crippen LogP contribution in [0.1, 0.15) is 11.1 Å². The molecule has 19 heavy (non-hydrogen) atoms. The first-order valence-corrected chi connectivity index (χ1v) is 7.00. The molecule has 1 aromatic carbocycles. The van der Waals surface area contributed by atoms with Gasteiger partial charge in [-0.2, -0.15) is 4.37 Å². The smallest absolute Gasteiger partial charge is 0.328 e. The third-order valence-electron chi connectivity index (χ3n) is 2.17. The minimum absolute atomic E-state index is 0.262. The molecule has 0 aliphatic carbocycles. The van der Waals surface area contributed by atoms with Gasteiger partial charge in [0.15, 0.2) is 4.34 Å². The van der Waals surface area contributed by atoms with Crippen LogP contribution in [-0.2, 0) is 10.5 Å². The highest BCUT2D eigenvalue weighted by Gasteiger charge is 2.04. The maximum absolute atomic E-state index is 13.5. The fraction of sp³-hybridized carbons (Fsp3) is 0.0833. The van der Waals surface area contributed by atoms with E-state index in [1.54, 1.807) is 12.1 Å². The van der Waals surface area contributed by atoms with Crippen LogP contribution in [0.5, 0.6) is 0 Å². The van der Waals surface area contributed by atoms with Crippen molar-refractivity contribution in [2.24, 2.45) is 0 Å². The van der Waals surface area contributed by atoms with Crippen LogP contribution in [0.2, 0.25) is 0 Å². The van der Waals surface area contributed by atoms with Crippen LogP contribution in [0.15, 0.2) is 34.9 Å². The molecule has 98 valence electrons. The molecule has 0 bridgehead atoms. The standard InChI is InChI=1S/C12H9FN2O2S2/c13-10-3-1-8(5-9(10)2-4-11(16)17)6-18-12-14-7-15-19-12/h1-5,7H,6H2,(H,16,17). The molecule has 1 N–H and O–H groups in total. The van der Waals surface area contributed by atoms with Crippen LogP contribution < -0.4 is 0 Å². The minimum atomic E-state index is -1.10. The molecule has 1 heterocycles. The van der Waals surface area contributed by atoms with Crippen molar-refractivity contribution in [2.75, 3.05) is 0 Å². The van der Waals surface area contributed by atoms with Crippen molar-refractivity contribution in [3.8, 4) is 0 Å². The molecule has 1 aromatic heterocycles. The van der Waals surface area contributed by atoms with Crippen LogP contribution >= 0.6 is 23.3 Å². The summed E-state index contributed by atoms with van der Waals surface area (Å²) in [5.41, 5.74) is 1.16. The number of carboxylic acid groups (broad SMARTS) is 1. The molecule has 0 saturated carbocycles. The van der Waals surface area contributed by atoms with E-state index in [4.69, 9.17) is 5.11 Å². The second-order valence-electron chi connectivity index (χ2n) is 3.52. The van der Waals surface area contributed by atoms with Crippen molar-refractivity contribution in [1.29, 1.82) is 0 Å². The Morgan fingerprint density at radius 2 is 2.37 bits per heavy atom. The monoisotopic (exact) mass is 296 g/mol. The number of carboxylic acids is 1. The lowest BCUT2D eigenvalue weighted by molar-refractivity contribution is -0.131. The van der Waals surface area contributed by atoms with E-state index in [-0.39, 0.29) is 5.56 Å². The average molecular weight is 296 g/mol. The van der Waals surface area contributed by atoms with Crippen LogP contribution in [0, 0.1) is 5.82 Å². The number of aromatic nitrogens is 2. The number of halogens is 1. The highest BCUT2D eigenvalue weighted by molar-refractivity contribution is 8.00. The van der Waals surface area contributed by atoms with Gasteiger partial charge in [0.1, 0.15) is 12.1 Å². The van der Waals surface area contributed by atoms with Gasteiger partial charge in [0.2, 0.25) is 0 Å². The lowest BCUT2D eigenvalue weighted by Gasteiger charge is -2.02. The normalized spacial score (nSPS) is 11.0. The Morgan fingerprint density at radius 1 is 1.53 bits per heavy atom. The van der Waals surface area contributed by atoms with E-state index in [0.717, 1.165) is 16.0 Å². The molecule has 0 radical (unpaired) electrons. The number of nitrogens with zero attached hydrogens (tertiary/aromatic N) is 2. The SMILES string of the molecule is O=C(O)C=Cc1cc(CSc2ncns2)ccc1F. The van der Waals surface area contributed by atoms with E-state index >= 15 is 0 Å². The van der Waals surface area contributed by atoms with Gasteiger partial charge in [0.05, 0.1) is 0 Å². The van der Waals surface area contributed by atoms with Crippen molar-refractivity contribution in [3.63, 3.8) is 0 Å². The first-order chi connectivity index (χ1) is 9.15. The van der Waals surface area contributed by atoms with E-state index in [0.29, 0.717) is 5.75 Å². The van der Waals surface area contributed by atoms with E-state index in [2.05, 4.69) is 9.36 Å². The molecule has 0 spiro atoms. The molecule has 0 fully saturated rings. The van der Waals surface area contributed by atoms with Crippen molar-refractivity contribution in [1.82, 2.24) is 9.36 Å². The Labute approximate surface area is 117 Å². The van der Waals surface area contributed by atoms with Crippen molar-refractivity contribution in [3.05, 3.63) is 47.5 Å². The second-order valence-corrected chi connectivity index (χ2v) is 5.53. The molecule has 0 atom stereocenters. The number of hydrogen-bond acceptors (Lipinski definition) is 5. The number of thioether (sulfide) groups is 1. The molecule has 0 unspecified atom stereocenters. The van der Waals surface area contributed by atoms with Gasteiger partial charge in [0.25, 0.3) is 0 Å². The van der Waals surface area contributed by atoms with Gasteiger partial charge < -0.3 is 5.11 Å². The molecule has 0 aliphatic rings. The van der Waals surface area contributed by atoms with Gasteiger partial charge in [-0.1, -0.05) is 17.8 Å². The topological polar surface area (TPSA) is 63.1 Å². The van der Waals surface area contributed by atoms with Crippen LogP contribution in [0.3, 0.4) is 0 Å². The fourth-order valence-corrected chi connectivity index (χ4v) is 2.73. The number of benzene rings is 1. The Balaban J connectivity index is 2.09. The van der Waals surface area contributed by atoms with Gasteiger partial charge in [-0.15, -0.1) is 0 Å². The summed E-state index contributed by atoms with van der Waals surface area (Å²) in [4.78, 5) is 14.5. The highest BCUT2D eigenvalue weighted by atomic mass is 32.2. The third kappa shape index (κ3) is 4.15. The first-order valence-electron chi connectivity index (χ1n) is 5.24. The summed E-state index contributed by atoms with van der Waals surface area (Å²) in [6, 6.07) is 4.63. The molecular weight excluding hydrogens is 287 g/mol. The van der Waals surface area contributed by atoms with Gasteiger partial charge >= 0.3 is 5.97 Å². The summed E-state index contributed by atoms with van der Waals surface area (Å²) in [5, 5.41) is 8.54. The number of rotatable bonds is 5. The van der Waals surface area contributed by atoms with Gasteiger partial charge in [-0.3, -0.25) is 0 Å². The quantitative estimate of drug-likeness (QED) is 0.678. The maximum atomic E-state index is 13.5. The summed E-state index contributed by atoms with van der Waals surface area (Å²) in [5.74, 6) is -0.918. The van der Waals surface area contributed by atoms with E-state index in [9.17, 15) is 9.18 Å². The summed E-state index contributed by atoms with van der Waals surface area (Å²) >= 11 is 2.80. The Morgan fingerprint density at radius 3 is 3.05 bits per heavy atom. The molecule has 0 amide bonds. The maximum Gasteiger partial charge on any atom is 0.328 e. The van der Waals surface area contributed by atoms with Crippen LogP contribution in [0.4, 0.5) is 4.39 Å². The molecule has 0 saturated heterocycles. The zero-order valence-corrected chi connectivity index (χ0v) is 11.2. The Kier molecular flexibility index (Phi) is 4.64. The molecule has 2 aromatic rings. The summed E-state index contributed by atoms with van der Waals surface area (Å²) < 4.78 is 18.2. The van der Waals surface area contributed by atoms with E-state index in [1.165, 1.54) is 41.8 Å². The highest BCUT2D eigenvalue weighted by Crippen LogP contribution is 2.24. The summed E-state index contributed by atoms with van der Waals surface area (Å²) in [6.07, 6.45) is 3.65. The summed E-state index contributed by atoms with van der Waals surface area (Å²) in [6.45, 7) is 0. The Hall–Kier alpha value is -1.73. The van der Waals surface area contributed by atoms with E-state index in [1.807, 2.05) is 0 Å². The van der Waals surface area contributed by atoms with Gasteiger partial charge in [-0.05, 0) is 35.3 Å². The van der Waals surface area contributed by atoms with Crippen LogP contribution in [-0.4, -0.2) is 20.4 Å². The van der Waals surface area contributed by atoms with E-state index < -0.39 is 11.8 Å². The van der Waals surface area contributed by atoms with Crippen molar-refractivity contribution in [2.45, 2.75) is 10.1 Å². The fourth-order valence-electron chi connectivity index (χ4n) is 1.34. The second kappa shape index (κ2) is 6.44. The van der Waals surface area contributed by atoms with Gasteiger partial charge in [-0.25, -0.2) is 14.2 Å². The lowest BCUT2D eigenvalue weighted by atomic mass is 10.1. The average Bonchev–Trinajstić information content (AvgIpc) is 2.89. The van der Waals surface area contributed by atoms with Gasteiger partial charge in [0, 0.05) is 17.4 Å². The minimum Gasteiger partial charge on any atom is -0.478 e. The molecule has 0 aliphatic heterocycles. The van der Waals surface area contributed by atoms with Crippen LogP contribution in [0.25, 0.3) is 6.08 Å². The first kappa shape index (κ1) is 13.7. The predicted octanol–water partition coefficient (Wildman–Crippen LogP) is 3.07. The zero-order valence-electron chi connectivity index (χ0n) is 9.62. The predicted molar refractivity (Wildman–Crippen MR) is 72.5 cm³/mol. The Bertz CT molecular complexity index is 600.